The van der Waals surface area contributed by atoms with Crippen LogP contribution in [0.15, 0.2) is 36.5 Å². The van der Waals surface area contributed by atoms with Crippen LogP contribution in [-0.4, -0.2) is 4.98 Å². The van der Waals surface area contributed by atoms with Crippen LogP contribution in [0.5, 0.6) is 0 Å². The number of anilines is 2. The van der Waals surface area contributed by atoms with E-state index in [1.165, 1.54) is 18.3 Å². The van der Waals surface area contributed by atoms with Gasteiger partial charge in [0.15, 0.2) is 0 Å². The van der Waals surface area contributed by atoms with Crippen molar-refractivity contribution in [2.75, 3.05) is 5.32 Å². The van der Waals surface area contributed by atoms with Crippen LogP contribution in [0.1, 0.15) is 0 Å². The molecule has 0 aliphatic carbocycles. The van der Waals surface area contributed by atoms with Crippen LogP contribution in [0.2, 0.25) is 10.0 Å². The molecule has 1 N–H and O–H groups in total. The molecule has 0 saturated carbocycles. The Hall–Kier alpha value is -1.32. The molecule has 16 heavy (non-hydrogen) atoms. The van der Waals surface area contributed by atoms with Crippen LogP contribution < -0.4 is 5.32 Å². The molecule has 0 unspecified atom stereocenters. The highest BCUT2D eigenvalue weighted by molar-refractivity contribution is 6.33. The number of aromatic nitrogens is 1. The van der Waals surface area contributed by atoms with Gasteiger partial charge in [-0.2, -0.15) is 0 Å². The lowest BCUT2D eigenvalue weighted by molar-refractivity contribution is 0.628. The third-order valence-corrected chi connectivity index (χ3v) is 2.46. The van der Waals surface area contributed by atoms with Crippen molar-refractivity contribution in [3.8, 4) is 0 Å². The molecule has 1 aromatic carbocycles. The summed E-state index contributed by atoms with van der Waals surface area (Å²) in [5.41, 5.74) is 0.595. The van der Waals surface area contributed by atoms with Crippen molar-refractivity contribution in [1.29, 1.82) is 0 Å². The van der Waals surface area contributed by atoms with E-state index in [2.05, 4.69) is 10.3 Å². The molecule has 1 heterocycles. The molecule has 82 valence electrons. The van der Waals surface area contributed by atoms with Crippen molar-refractivity contribution in [2.45, 2.75) is 0 Å². The molecule has 0 radical (unpaired) electrons. The van der Waals surface area contributed by atoms with E-state index in [-0.39, 0.29) is 5.82 Å². The van der Waals surface area contributed by atoms with Crippen LogP contribution in [0.3, 0.4) is 0 Å². The van der Waals surface area contributed by atoms with Gasteiger partial charge in [0, 0.05) is 6.20 Å². The molecule has 2 rings (SSSR count). The van der Waals surface area contributed by atoms with E-state index in [0.717, 1.165) is 0 Å². The summed E-state index contributed by atoms with van der Waals surface area (Å²) in [5.74, 6) is 0.220. The van der Waals surface area contributed by atoms with Gasteiger partial charge in [-0.3, -0.25) is 0 Å². The van der Waals surface area contributed by atoms with Crippen molar-refractivity contribution in [3.05, 3.63) is 52.4 Å². The van der Waals surface area contributed by atoms with Crippen molar-refractivity contribution < 1.29 is 4.39 Å². The second kappa shape index (κ2) is 4.68. The molecule has 1 aromatic heterocycles. The van der Waals surface area contributed by atoms with E-state index in [1.807, 2.05) is 0 Å². The fraction of sp³-hybridized carbons (Fsp3) is 0. The zero-order valence-electron chi connectivity index (χ0n) is 8.05. The molecule has 0 aliphatic heterocycles. The largest absolute Gasteiger partial charge is 0.339 e. The number of pyridine rings is 1. The van der Waals surface area contributed by atoms with Gasteiger partial charge in [0.1, 0.15) is 11.6 Å². The molecular weight excluding hydrogens is 250 g/mol. The number of hydrogen-bond acceptors (Lipinski definition) is 2. The van der Waals surface area contributed by atoms with E-state index in [9.17, 15) is 4.39 Å². The fourth-order valence-corrected chi connectivity index (χ4v) is 1.50. The van der Waals surface area contributed by atoms with E-state index < -0.39 is 0 Å². The highest BCUT2D eigenvalue weighted by Crippen LogP contribution is 2.25. The zero-order valence-corrected chi connectivity index (χ0v) is 9.56. The topological polar surface area (TPSA) is 24.9 Å². The highest BCUT2D eigenvalue weighted by atomic mass is 35.5. The number of hydrogen-bond donors (Lipinski definition) is 1. The number of halogens is 3. The smallest absolute Gasteiger partial charge is 0.130 e. The third-order valence-electron chi connectivity index (χ3n) is 1.92. The van der Waals surface area contributed by atoms with Crippen LogP contribution in [-0.2, 0) is 0 Å². The Labute approximate surface area is 102 Å². The Morgan fingerprint density at radius 1 is 1.12 bits per heavy atom. The number of benzene rings is 1. The molecule has 0 saturated heterocycles. The van der Waals surface area contributed by atoms with Crippen LogP contribution in [0.4, 0.5) is 15.9 Å². The Balaban J connectivity index is 2.23. The summed E-state index contributed by atoms with van der Waals surface area (Å²) >= 11 is 11.6. The van der Waals surface area contributed by atoms with Gasteiger partial charge >= 0.3 is 0 Å². The van der Waals surface area contributed by atoms with Crippen molar-refractivity contribution in [2.24, 2.45) is 0 Å². The van der Waals surface area contributed by atoms with Crippen LogP contribution >= 0.6 is 23.2 Å². The fourth-order valence-electron chi connectivity index (χ4n) is 1.18. The first-order valence-electron chi connectivity index (χ1n) is 4.49. The normalized spacial score (nSPS) is 10.2. The van der Waals surface area contributed by atoms with E-state index in [4.69, 9.17) is 23.2 Å². The van der Waals surface area contributed by atoms with Crippen molar-refractivity contribution in [1.82, 2.24) is 4.98 Å². The van der Waals surface area contributed by atoms with E-state index >= 15 is 0 Å². The van der Waals surface area contributed by atoms with Gasteiger partial charge in [-0.25, -0.2) is 9.37 Å². The van der Waals surface area contributed by atoms with Gasteiger partial charge in [-0.05, 0) is 30.3 Å². The van der Waals surface area contributed by atoms with Gasteiger partial charge in [-0.1, -0.05) is 23.2 Å². The van der Waals surface area contributed by atoms with E-state index in [0.29, 0.717) is 21.6 Å². The second-order valence-electron chi connectivity index (χ2n) is 3.11. The van der Waals surface area contributed by atoms with Gasteiger partial charge in [-0.15, -0.1) is 0 Å². The first kappa shape index (κ1) is 11.2. The lowest BCUT2D eigenvalue weighted by atomic mass is 10.3. The Bertz CT molecular complexity index is 500. The Morgan fingerprint density at radius 3 is 2.56 bits per heavy atom. The van der Waals surface area contributed by atoms with Crippen LogP contribution in [0.25, 0.3) is 0 Å². The summed E-state index contributed by atoms with van der Waals surface area (Å²) in [6, 6.07) is 7.52. The van der Waals surface area contributed by atoms with Crippen LogP contribution in [0, 0.1) is 5.82 Å². The third kappa shape index (κ3) is 2.62. The molecule has 0 atom stereocenters. The summed E-state index contributed by atoms with van der Waals surface area (Å²) < 4.78 is 12.8. The predicted molar refractivity (Wildman–Crippen MR) is 63.9 cm³/mol. The Kier molecular flexibility index (Phi) is 3.27. The highest BCUT2D eigenvalue weighted by Gasteiger charge is 2.02. The minimum absolute atomic E-state index is 0.303. The van der Waals surface area contributed by atoms with Gasteiger partial charge in [0.2, 0.25) is 0 Å². The maximum absolute atomic E-state index is 12.8. The number of nitrogens with one attached hydrogen (secondary N) is 1. The summed E-state index contributed by atoms with van der Waals surface area (Å²) in [6.45, 7) is 0. The molecule has 2 nitrogen and oxygen atoms in total. The summed E-state index contributed by atoms with van der Waals surface area (Å²) in [5, 5.41) is 3.81. The second-order valence-corrected chi connectivity index (χ2v) is 3.95. The monoisotopic (exact) mass is 256 g/mol. The molecule has 0 bridgehead atoms. The molecule has 0 aliphatic rings. The van der Waals surface area contributed by atoms with Gasteiger partial charge in [0.05, 0.1) is 15.7 Å². The predicted octanol–water partition coefficient (Wildman–Crippen LogP) is 4.27. The molecule has 0 spiro atoms. The van der Waals surface area contributed by atoms with Crippen molar-refractivity contribution in [3.63, 3.8) is 0 Å². The lowest BCUT2D eigenvalue weighted by Crippen LogP contribution is -1.93. The average molecular weight is 257 g/mol. The maximum Gasteiger partial charge on any atom is 0.130 e. The molecule has 5 heteroatoms. The molecular formula is C11H7Cl2FN2. The SMILES string of the molecule is Fc1ccc(Nc2ccc(Cl)cn2)c(Cl)c1. The van der Waals surface area contributed by atoms with Crippen molar-refractivity contribution >= 4 is 34.7 Å². The number of rotatable bonds is 2. The summed E-state index contributed by atoms with van der Waals surface area (Å²) in [4.78, 5) is 4.04. The summed E-state index contributed by atoms with van der Waals surface area (Å²) in [6.07, 6.45) is 1.52. The van der Waals surface area contributed by atoms with E-state index in [1.54, 1.807) is 18.2 Å². The first-order chi connectivity index (χ1) is 7.65. The minimum atomic E-state index is -0.375. The molecule has 2 aromatic rings. The average Bonchev–Trinajstić information content (AvgIpc) is 2.25. The van der Waals surface area contributed by atoms with Gasteiger partial charge < -0.3 is 5.32 Å². The number of nitrogens with zero attached hydrogens (tertiary/aromatic N) is 1. The minimum Gasteiger partial charge on any atom is -0.339 e. The molecule has 0 fully saturated rings. The maximum atomic E-state index is 12.8. The lowest BCUT2D eigenvalue weighted by Gasteiger charge is -2.07. The van der Waals surface area contributed by atoms with Gasteiger partial charge in [0.25, 0.3) is 0 Å². The summed E-state index contributed by atoms with van der Waals surface area (Å²) in [7, 11) is 0. The quantitative estimate of drug-likeness (QED) is 0.868. The zero-order chi connectivity index (χ0) is 11.5. The molecule has 0 amide bonds. The standard InChI is InChI=1S/C11H7Cl2FN2/c12-7-1-4-11(15-6-7)16-10-3-2-8(14)5-9(10)13/h1-6H,(H,15,16). The first-order valence-corrected chi connectivity index (χ1v) is 5.24. The Morgan fingerprint density at radius 2 is 1.94 bits per heavy atom.